The van der Waals surface area contributed by atoms with Gasteiger partial charge < -0.3 is 19.9 Å². The second-order valence-corrected chi connectivity index (χ2v) is 5.70. The molecule has 0 spiro atoms. The average Bonchev–Trinajstić information content (AvgIpc) is 3.28. The number of ether oxygens (including phenoxy) is 3. The SMILES string of the molecule is C1CCOC1.COc1nc2c(N)ncnc2n1C1CC[C@@H](C)O1. The van der Waals surface area contributed by atoms with Gasteiger partial charge in [-0.3, -0.25) is 4.57 Å². The van der Waals surface area contributed by atoms with Crippen LogP contribution in [-0.2, 0) is 9.47 Å². The van der Waals surface area contributed by atoms with Gasteiger partial charge in [0.1, 0.15) is 12.6 Å². The van der Waals surface area contributed by atoms with Crippen molar-refractivity contribution in [3.63, 3.8) is 0 Å². The van der Waals surface area contributed by atoms with Crippen LogP contribution in [0.3, 0.4) is 0 Å². The molecule has 2 aromatic rings. The first kappa shape index (κ1) is 15.9. The minimum Gasteiger partial charge on any atom is -0.468 e. The number of rotatable bonds is 2. The Balaban J connectivity index is 0.000000267. The molecule has 2 saturated heterocycles. The van der Waals surface area contributed by atoms with Gasteiger partial charge in [-0.25, -0.2) is 9.97 Å². The molecule has 0 radical (unpaired) electrons. The zero-order valence-electron chi connectivity index (χ0n) is 13.6. The van der Waals surface area contributed by atoms with E-state index in [1.165, 1.54) is 19.2 Å². The van der Waals surface area contributed by atoms with E-state index in [9.17, 15) is 0 Å². The number of methoxy groups -OCH3 is 1. The lowest BCUT2D eigenvalue weighted by molar-refractivity contribution is 0.00893. The smallest absolute Gasteiger partial charge is 0.300 e. The van der Waals surface area contributed by atoms with E-state index in [1.807, 2.05) is 4.57 Å². The van der Waals surface area contributed by atoms with Gasteiger partial charge >= 0.3 is 6.01 Å². The number of nitrogen functional groups attached to an aromatic ring is 1. The van der Waals surface area contributed by atoms with Gasteiger partial charge in [0.25, 0.3) is 0 Å². The minimum absolute atomic E-state index is 0.103. The predicted octanol–water partition coefficient (Wildman–Crippen LogP) is 1.91. The highest BCUT2D eigenvalue weighted by molar-refractivity contribution is 5.82. The van der Waals surface area contributed by atoms with Gasteiger partial charge in [0.2, 0.25) is 0 Å². The molecule has 0 aliphatic carbocycles. The Morgan fingerprint density at radius 1 is 1.26 bits per heavy atom. The average molecular weight is 321 g/mol. The molecule has 2 N–H and O–H groups in total. The van der Waals surface area contributed by atoms with Gasteiger partial charge in [0.15, 0.2) is 17.0 Å². The first-order valence-corrected chi connectivity index (χ1v) is 7.96. The molecule has 0 saturated carbocycles. The zero-order valence-corrected chi connectivity index (χ0v) is 13.6. The molecule has 0 aromatic carbocycles. The summed E-state index contributed by atoms with van der Waals surface area (Å²) in [6.07, 6.45) is 6.03. The van der Waals surface area contributed by atoms with E-state index in [1.54, 1.807) is 7.11 Å². The maximum atomic E-state index is 5.84. The van der Waals surface area contributed by atoms with Crippen molar-refractivity contribution in [1.29, 1.82) is 0 Å². The van der Waals surface area contributed by atoms with E-state index in [4.69, 9.17) is 19.9 Å². The standard InChI is InChI=1S/C11H15N5O2.C4H8O/c1-6-3-4-7(18-6)16-10-8(15-11(16)17-2)9(12)13-5-14-10;1-2-4-5-3-1/h5-7H,3-4H2,1-2H3,(H2,12,13,14);1-4H2/t6-,7?;/m1./s1. The van der Waals surface area contributed by atoms with E-state index in [0.717, 1.165) is 26.1 Å². The molecule has 126 valence electrons. The normalized spacial score (nSPS) is 23.7. The van der Waals surface area contributed by atoms with Crippen molar-refractivity contribution in [2.24, 2.45) is 0 Å². The lowest BCUT2D eigenvalue weighted by Crippen LogP contribution is -2.11. The Morgan fingerprint density at radius 2 is 2.04 bits per heavy atom. The maximum absolute atomic E-state index is 5.84. The third-order valence-electron chi connectivity index (χ3n) is 3.98. The number of aromatic nitrogens is 4. The number of imidazole rings is 1. The Hall–Kier alpha value is -1.93. The number of hydrogen-bond acceptors (Lipinski definition) is 7. The second kappa shape index (κ2) is 7.10. The summed E-state index contributed by atoms with van der Waals surface area (Å²) in [5, 5.41) is 0. The molecule has 8 heteroatoms. The molecule has 2 atom stereocenters. The highest BCUT2D eigenvalue weighted by Gasteiger charge is 2.29. The van der Waals surface area contributed by atoms with Crippen molar-refractivity contribution in [2.45, 2.75) is 44.9 Å². The third kappa shape index (κ3) is 3.37. The lowest BCUT2D eigenvalue weighted by Gasteiger charge is -2.15. The summed E-state index contributed by atoms with van der Waals surface area (Å²) in [6, 6.07) is 0.455. The predicted molar refractivity (Wildman–Crippen MR) is 85.2 cm³/mol. The summed E-state index contributed by atoms with van der Waals surface area (Å²) in [4.78, 5) is 12.5. The Kier molecular flexibility index (Phi) is 4.92. The Labute approximate surface area is 135 Å². The van der Waals surface area contributed by atoms with Crippen molar-refractivity contribution in [2.75, 3.05) is 26.1 Å². The van der Waals surface area contributed by atoms with E-state index in [0.29, 0.717) is 23.0 Å². The topological polar surface area (TPSA) is 97.3 Å². The number of nitrogens with two attached hydrogens (primary N) is 1. The summed E-state index contributed by atoms with van der Waals surface area (Å²) in [6.45, 7) is 4.05. The van der Waals surface area contributed by atoms with Gasteiger partial charge in [-0.1, -0.05) is 0 Å². The highest BCUT2D eigenvalue weighted by atomic mass is 16.5. The van der Waals surface area contributed by atoms with Crippen LogP contribution in [0.1, 0.15) is 38.8 Å². The molecule has 2 aliphatic heterocycles. The van der Waals surface area contributed by atoms with Crippen LogP contribution in [0.25, 0.3) is 11.2 Å². The maximum Gasteiger partial charge on any atom is 0.300 e. The van der Waals surface area contributed by atoms with Gasteiger partial charge in [-0.15, -0.1) is 0 Å². The van der Waals surface area contributed by atoms with Gasteiger partial charge in [0.05, 0.1) is 13.2 Å². The summed E-state index contributed by atoms with van der Waals surface area (Å²) in [5.74, 6) is 0.350. The van der Waals surface area contributed by atoms with Crippen LogP contribution in [0, 0.1) is 0 Å². The van der Waals surface area contributed by atoms with Crippen LogP contribution in [0.4, 0.5) is 5.82 Å². The number of hydrogen-bond donors (Lipinski definition) is 1. The molecule has 4 heterocycles. The molecule has 2 aliphatic rings. The van der Waals surface area contributed by atoms with Crippen molar-refractivity contribution < 1.29 is 14.2 Å². The van der Waals surface area contributed by atoms with E-state index in [-0.39, 0.29) is 12.3 Å². The number of anilines is 1. The van der Waals surface area contributed by atoms with Gasteiger partial charge in [0, 0.05) is 13.2 Å². The molecule has 0 amide bonds. The molecule has 2 aromatic heterocycles. The van der Waals surface area contributed by atoms with E-state index < -0.39 is 0 Å². The lowest BCUT2D eigenvalue weighted by atomic mass is 10.2. The molecule has 2 fully saturated rings. The van der Waals surface area contributed by atoms with Crippen LogP contribution in [0.5, 0.6) is 6.01 Å². The third-order valence-corrected chi connectivity index (χ3v) is 3.98. The first-order valence-electron chi connectivity index (χ1n) is 7.96. The monoisotopic (exact) mass is 321 g/mol. The molecular formula is C15H23N5O3. The molecule has 1 unspecified atom stereocenters. The van der Waals surface area contributed by atoms with Gasteiger partial charge in [-0.2, -0.15) is 4.98 Å². The van der Waals surface area contributed by atoms with Crippen molar-refractivity contribution in [1.82, 2.24) is 19.5 Å². The summed E-state index contributed by atoms with van der Waals surface area (Å²) in [5.41, 5.74) is 7.00. The van der Waals surface area contributed by atoms with Crippen molar-refractivity contribution >= 4 is 17.0 Å². The summed E-state index contributed by atoms with van der Waals surface area (Å²) < 4.78 is 17.9. The van der Waals surface area contributed by atoms with Crippen molar-refractivity contribution in [3.05, 3.63) is 6.33 Å². The van der Waals surface area contributed by atoms with Crippen LogP contribution < -0.4 is 10.5 Å². The molecular weight excluding hydrogens is 298 g/mol. The molecule has 8 nitrogen and oxygen atoms in total. The molecule has 4 rings (SSSR count). The molecule has 0 bridgehead atoms. The molecule has 23 heavy (non-hydrogen) atoms. The fourth-order valence-electron chi connectivity index (χ4n) is 2.79. The first-order chi connectivity index (χ1) is 11.2. The Bertz CT molecular complexity index is 648. The van der Waals surface area contributed by atoms with E-state index >= 15 is 0 Å². The van der Waals surface area contributed by atoms with Crippen LogP contribution >= 0.6 is 0 Å². The quantitative estimate of drug-likeness (QED) is 0.902. The minimum atomic E-state index is -0.103. The van der Waals surface area contributed by atoms with Crippen LogP contribution in [0.2, 0.25) is 0 Å². The summed E-state index contributed by atoms with van der Waals surface area (Å²) >= 11 is 0. The fourth-order valence-corrected chi connectivity index (χ4v) is 2.79. The fraction of sp³-hybridized carbons (Fsp3) is 0.667. The van der Waals surface area contributed by atoms with Crippen LogP contribution in [0.15, 0.2) is 6.33 Å². The van der Waals surface area contributed by atoms with Gasteiger partial charge in [-0.05, 0) is 32.6 Å². The Morgan fingerprint density at radius 3 is 2.61 bits per heavy atom. The van der Waals surface area contributed by atoms with Crippen LogP contribution in [-0.4, -0.2) is 45.9 Å². The summed E-state index contributed by atoms with van der Waals surface area (Å²) in [7, 11) is 1.57. The highest BCUT2D eigenvalue weighted by Crippen LogP contribution is 2.34. The van der Waals surface area contributed by atoms with Crippen molar-refractivity contribution in [3.8, 4) is 6.01 Å². The number of nitrogens with zero attached hydrogens (tertiary/aromatic N) is 4. The number of fused-ring (bicyclic) bond motifs is 1. The second-order valence-electron chi connectivity index (χ2n) is 5.70. The van der Waals surface area contributed by atoms with E-state index in [2.05, 4.69) is 21.9 Å². The zero-order chi connectivity index (χ0) is 16.2. The largest absolute Gasteiger partial charge is 0.468 e.